The van der Waals surface area contributed by atoms with E-state index in [4.69, 9.17) is 15.4 Å². The fourth-order valence-electron chi connectivity index (χ4n) is 2.34. The Kier molecular flexibility index (Phi) is 6.04. The monoisotopic (exact) mass is 450 g/mol. The molecule has 0 aromatic carbocycles. The van der Waals surface area contributed by atoms with Gasteiger partial charge in [0.2, 0.25) is 13.0 Å². The molecule has 2 heterocycles. The van der Waals surface area contributed by atoms with Crippen LogP contribution in [-0.2, 0) is 34.3 Å². The Morgan fingerprint density at radius 1 is 1.55 bits per heavy atom. The first-order chi connectivity index (χ1) is 13.4. The number of amides is 3. The predicted molar refractivity (Wildman–Crippen MR) is 94.6 cm³/mol. The number of hydrogen-bond donors (Lipinski definition) is 5. The van der Waals surface area contributed by atoms with Crippen molar-refractivity contribution in [3.8, 4) is 0 Å². The van der Waals surface area contributed by atoms with Gasteiger partial charge in [0.25, 0.3) is 11.8 Å². The van der Waals surface area contributed by atoms with Gasteiger partial charge in [0.1, 0.15) is 5.69 Å². The zero-order valence-electron chi connectivity index (χ0n) is 14.4. The molecule has 0 unspecified atom stereocenters. The molecule has 158 valence electrons. The fourth-order valence-corrected chi connectivity index (χ4v) is 3.82. The maximum absolute atomic E-state index is 12.6. The van der Waals surface area contributed by atoms with Crippen molar-refractivity contribution in [2.75, 3.05) is 12.3 Å². The summed E-state index contributed by atoms with van der Waals surface area (Å²) in [5.74, 6) is -3.76. The summed E-state index contributed by atoms with van der Waals surface area (Å²) < 4.78 is 31.7. The quantitative estimate of drug-likeness (QED) is 0.0843. The Labute approximate surface area is 166 Å². The molecular formula is C12H14N6O9S2. The van der Waals surface area contributed by atoms with E-state index in [9.17, 15) is 27.6 Å². The second-order valence-electron chi connectivity index (χ2n) is 5.60. The largest absolute Gasteiger partial charge is 0.479 e. The Balaban J connectivity index is 2.33. The van der Waals surface area contributed by atoms with Crippen LogP contribution < -0.4 is 16.4 Å². The summed E-state index contributed by atoms with van der Waals surface area (Å²) in [6.45, 7) is 0.194. The molecule has 17 heteroatoms. The van der Waals surface area contributed by atoms with Crippen LogP contribution in [0.3, 0.4) is 0 Å². The van der Waals surface area contributed by atoms with E-state index in [-0.39, 0.29) is 21.5 Å². The highest BCUT2D eigenvalue weighted by Crippen LogP contribution is 2.31. The molecule has 1 fully saturated rings. The van der Waals surface area contributed by atoms with E-state index in [1.54, 1.807) is 0 Å². The van der Waals surface area contributed by atoms with Gasteiger partial charge in [-0.1, -0.05) is 5.16 Å². The number of anilines is 1. The van der Waals surface area contributed by atoms with Gasteiger partial charge in [-0.05, 0) is 6.92 Å². The van der Waals surface area contributed by atoms with Crippen LogP contribution in [0.5, 0.6) is 0 Å². The number of carbonyl (C=O) groups is 4. The topological polar surface area (TPSA) is 231 Å². The van der Waals surface area contributed by atoms with E-state index >= 15 is 0 Å². The number of hydrogen-bond acceptors (Lipinski definition) is 11. The summed E-state index contributed by atoms with van der Waals surface area (Å²) in [6, 6.07) is 0. The van der Waals surface area contributed by atoms with Crippen LogP contribution in [0.2, 0.25) is 0 Å². The number of nitrogens with zero attached hydrogens (tertiary/aromatic N) is 3. The Bertz CT molecular complexity index is 990. The minimum Gasteiger partial charge on any atom is -0.479 e. The molecule has 1 aromatic heterocycles. The number of aromatic nitrogens is 1. The van der Waals surface area contributed by atoms with Crippen LogP contribution >= 0.6 is 11.3 Å². The van der Waals surface area contributed by atoms with Crippen molar-refractivity contribution in [3.05, 3.63) is 11.1 Å². The third kappa shape index (κ3) is 4.41. The lowest BCUT2D eigenvalue weighted by atomic mass is 9.88. The first kappa shape index (κ1) is 22.0. The molecular weight excluding hydrogens is 436 g/mol. The number of β-lactam (4-membered cyclic amide) rings is 1. The van der Waals surface area contributed by atoms with Gasteiger partial charge in [-0.3, -0.25) is 18.9 Å². The number of nitrogens with two attached hydrogens (primary N) is 1. The molecule has 1 saturated heterocycles. The van der Waals surface area contributed by atoms with Crippen molar-refractivity contribution >= 4 is 56.7 Å². The molecule has 2 atom stereocenters. The van der Waals surface area contributed by atoms with Gasteiger partial charge in [0, 0.05) is 5.38 Å². The number of nitrogens with one attached hydrogen (secondary N) is 2. The summed E-state index contributed by atoms with van der Waals surface area (Å²) in [6.07, 6.45) is -1.58. The molecule has 0 spiro atoms. The van der Waals surface area contributed by atoms with Gasteiger partial charge >= 0.3 is 16.3 Å². The molecule has 1 aliphatic rings. The zero-order chi connectivity index (χ0) is 22.0. The number of thiazole rings is 1. The normalized spacial score (nSPS) is 21.9. The molecule has 0 aliphatic carbocycles. The van der Waals surface area contributed by atoms with E-state index in [2.05, 4.69) is 20.3 Å². The van der Waals surface area contributed by atoms with Gasteiger partial charge in [-0.15, -0.1) is 11.3 Å². The Morgan fingerprint density at radius 2 is 2.21 bits per heavy atom. The lowest BCUT2D eigenvalue weighted by Gasteiger charge is -2.51. The average molecular weight is 450 g/mol. The standard InChI is InChI=1S/C12H14N6O9S2/c1-12(9(14-4-19)18(10(12)23)29(24,25)26)16-8(22)7(17-27-2-6(20)21)5-3-28-11(13)15-5/h3-4,9H,2H2,1H3,(H2,13,15)(H,14,19)(H,16,22)(H,20,21)(H,24,25,26)/b17-7-/t9-,12-/m1/s1. The third-order valence-electron chi connectivity index (χ3n) is 3.60. The van der Waals surface area contributed by atoms with Crippen molar-refractivity contribution < 1.29 is 42.1 Å². The number of oxime groups is 1. The van der Waals surface area contributed by atoms with Crippen LogP contribution in [0, 0.1) is 0 Å². The molecule has 1 aromatic rings. The summed E-state index contributed by atoms with van der Waals surface area (Å²) >= 11 is 0.928. The minimum atomic E-state index is -5.02. The lowest BCUT2D eigenvalue weighted by molar-refractivity contribution is -0.156. The van der Waals surface area contributed by atoms with Crippen LogP contribution in [0.25, 0.3) is 0 Å². The number of carboxylic acids is 1. The Hall–Kier alpha value is -3.31. The molecule has 15 nitrogen and oxygen atoms in total. The molecule has 6 N–H and O–H groups in total. The van der Waals surface area contributed by atoms with Crippen LogP contribution in [0.4, 0.5) is 5.13 Å². The Morgan fingerprint density at radius 3 is 2.69 bits per heavy atom. The molecule has 3 amide bonds. The van der Waals surface area contributed by atoms with Crippen molar-refractivity contribution in [2.24, 2.45) is 5.16 Å². The van der Waals surface area contributed by atoms with Gasteiger partial charge in [-0.2, -0.15) is 12.7 Å². The summed E-state index contributed by atoms with van der Waals surface area (Å²) in [7, 11) is -5.02. The van der Waals surface area contributed by atoms with E-state index in [0.717, 1.165) is 18.3 Å². The van der Waals surface area contributed by atoms with Crippen molar-refractivity contribution in [1.29, 1.82) is 0 Å². The maximum atomic E-state index is 12.6. The molecule has 2 rings (SSSR count). The predicted octanol–water partition coefficient (Wildman–Crippen LogP) is -2.88. The molecule has 0 radical (unpaired) electrons. The first-order valence-corrected chi connectivity index (χ1v) is 9.66. The second kappa shape index (κ2) is 7.97. The summed E-state index contributed by atoms with van der Waals surface area (Å²) in [5.41, 5.74) is 2.81. The molecule has 1 aliphatic heterocycles. The molecule has 0 saturated carbocycles. The van der Waals surface area contributed by atoms with Gasteiger partial charge in [0.15, 0.2) is 22.5 Å². The number of aliphatic carboxylic acids is 1. The van der Waals surface area contributed by atoms with Crippen LogP contribution in [0.15, 0.2) is 10.5 Å². The van der Waals surface area contributed by atoms with E-state index in [0.29, 0.717) is 0 Å². The first-order valence-electron chi connectivity index (χ1n) is 7.38. The number of carbonyl (C=O) groups excluding carboxylic acids is 3. The van der Waals surface area contributed by atoms with Crippen LogP contribution in [0.1, 0.15) is 12.6 Å². The fraction of sp³-hybridized carbons (Fsp3) is 0.333. The second-order valence-corrected chi connectivity index (χ2v) is 7.78. The van der Waals surface area contributed by atoms with Gasteiger partial charge < -0.3 is 26.3 Å². The molecule has 29 heavy (non-hydrogen) atoms. The van der Waals surface area contributed by atoms with Crippen LogP contribution in [-0.4, -0.2) is 75.6 Å². The van der Waals surface area contributed by atoms with E-state index in [1.807, 2.05) is 5.32 Å². The highest BCUT2D eigenvalue weighted by atomic mass is 32.2. The number of nitrogen functional groups attached to an aromatic ring is 1. The smallest absolute Gasteiger partial charge is 0.364 e. The van der Waals surface area contributed by atoms with E-state index < -0.39 is 52.1 Å². The van der Waals surface area contributed by atoms with Crippen molar-refractivity contribution in [1.82, 2.24) is 19.9 Å². The lowest BCUT2D eigenvalue weighted by Crippen LogP contribution is -2.83. The molecule has 0 bridgehead atoms. The van der Waals surface area contributed by atoms with Gasteiger partial charge in [-0.25, -0.2) is 9.78 Å². The van der Waals surface area contributed by atoms with Gasteiger partial charge in [0.05, 0.1) is 0 Å². The summed E-state index contributed by atoms with van der Waals surface area (Å²) in [4.78, 5) is 54.6. The third-order valence-corrected chi connectivity index (χ3v) is 5.14. The SMILES string of the molecule is C[C@]1(NC(=O)/C(=N\OCC(=O)O)c2csc(N)n2)C(=O)N(S(=O)(=O)O)[C@H]1NC=O. The highest BCUT2D eigenvalue weighted by molar-refractivity contribution is 7.84. The number of rotatable bonds is 9. The minimum absolute atomic E-state index is 0.0414. The number of carboxylic acid groups (broad SMARTS) is 1. The van der Waals surface area contributed by atoms with Crippen molar-refractivity contribution in [3.63, 3.8) is 0 Å². The average Bonchev–Trinajstić information content (AvgIpc) is 3.02. The maximum Gasteiger partial charge on any atom is 0.364 e. The highest BCUT2D eigenvalue weighted by Gasteiger charge is 2.63. The van der Waals surface area contributed by atoms with E-state index in [1.165, 1.54) is 5.38 Å². The summed E-state index contributed by atoms with van der Waals surface area (Å²) in [5, 5.41) is 17.5. The zero-order valence-corrected chi connectivity index (χ0v) is 16.1. The van der Waals surface area contributed by atoms with Crippen molar-refractivity contribution in [2.45, 2.75) is 18.6 Å².